The van der Waals surface area contributed by atoms with Crippen LogP contribution in [0.25, 0.3) is 0 Å². The van der Waals surface area contributed by atoms with E-state index in [1.165, 1.54) is 12.1 Å². The van der Waals surface area contributed by atoms with Crippen molar-refractivity contribution < 1.29 is 68.3 Å². The smallest absolute Gasteiger partial charge is 0.549 e. The topological polar surface area (TPSA) is 388 Å². The largest absolute Gasteiger partial charge is 3.00 e. The molecular formula is C59H84InN13O14. The summed E-state index contributed by atoms with van der Waals surface area (Å²) in [7, 11) is 0. The van der Waals surface area contributed by atoms with Gasteiger partial charge in [-0.2, -0.15) is 4.99 Å². The maximum atomic E-state index is 14.4. The number of guanidine groups is 1. The van der Waals surface area contributed by atoms with Crippen molar-refractivity contribution in [3.8, 4) is 11.5 Å². The molecule has 10 N–H and O–H groups in total. The van der Waals surface area contributed by atoms with Crippen LogP contribution in [0.5, 0.6) is 11.5 Å². The van der Waals surface area contributed by atoms with Crippen LogP contribution in [-0.4, -0.2) is 234 Å². The molecule has 28 heteroatoms. The van der Waals surface area contributed by atoms with Crippen molar-refractivity contribution in [1.29, 1.82) is 0 Å². The normalized spacial score (nSPS) is 14.5. The van der Waals surface area contributed by atoms with Gasteiger partial charge in [0.15, 0.2) is 5.96 Å². The molecule has 3 aromatic carbocycles. The predicted octanol–water partition coefficient (Wildman–Crippen LogP) is -3.71. The monoisotopic (exact) mass is 1310 g/mol. The van der Waals surface area contributed by atoms with Gasteiger partial charge in [-0.05, 0) is 79.5 Å². The van der Waals surface area contributed by atoms with Gasteiger partial charge in [0, 0.05) is 124 Å². The summed E-state index contributed by atoms with van der Waals surface area (Å²) in [4.78, 5) is 122. The molecule has 3 aromatic rings. The number of ether oxygens (including phenoxy) is 1. The molecule has 0 bridgehead atoms. The maximum Gasteiger partial charge on any atom is 3.00 e. The summed E-state index contributed by atoms with van der Waals surface area (Å²) in [6.45, 7) is 4.16. The Balaban J connectivity index is 0.0000198. The van der Waals surface area contributed by atoms with Gasteiger partial charge in [0.25, 0.3) is 0 Å². The van der Waals surface area contributed by atoms with E-state index in [0.717, 1.165) is 5.56 Å². The van der Waals surface area contributed by atoms with E-state index in [2.05, 4.69) is 42.2 Å². The molecule has 2 atom stereocenters. The number of carbonyl (C=O) groups excluding carboxylic acids is 9. The van der Waals surface area contributed by atoms with Crippen LogP contribution in [0.4, 0.5) is 4.79 Å². The zero-order valence-electron chi connectivity index (χ0n) is 49.6. The van der Waals surface area contributed by atoms with Crippen LogP contribution in [0.1, 0.15) is 87.3 Å². The number of carboxylic acid groups (broad SMARTS) is 3. The molecular weight excluding hydrogens is 1230 g/mol. The van der Waals surface area contributed by atoms with Gasteiger partial charge in [0.05, 0.1) is 37.0 Å². The minimum atomic E-state index is -1.31. The van der Waals surface area contributed by atoms with Gasteiger partial charge in [-0.1, -0.05) is 67.9 Å². The van der Waals surface area contributed by atoms with Gasteiger partial charge in [0.2, 0.25) is 29.5 Å². The minimum Gasteiger partial charge on any atom is -0.549 e. The van der Waals surface area contributed by atoms with Crippen molar-refractivity contribution >= 4 is 85.3 Å². The molecule has 1 unspecified atom stereocenters. The first-order valence-electron chi connectivity index (χ1n) is 29.2. The number of phenolic OH excluding ortho intramolecular Hbond substituents is 1. The summed E-state index contributed by atoms with van der Waals surface area (Å²) in [6, 6.07) is 20.9. The fraction of sp³-hybridized carbons (Fsp3) is 0.525. The van der Waals surface area contributed by atoms with E-state index >= 15 is 0 Å². The molecule has 1 saturated heterocycles. The van der Waals surface area contributed by atoms with Crippen LogP contribution in [0.15, 0.2) is 83.9 Å². The number of phenols is 1. The van der Waals surface area contributed by atoms with Gasteiger partial charge in [-0.15, -0.1) is 0 Å². The number of aliphatic carboxylic acids is 3. The first-order valence-corrected chi connectivity index (χ1v) is 29.2. The Morgan fingerprint density at radius 1 is 0.563 bits per heavy atom. The zero-order valence-corrected chi connectivity index (χ0v) is 52.9. The molecule has 0 radical (unpaired) electrons. The van der Waals surface area contributed by atoms with E-state index < -0.39 is 67.3 Å². The Bertz CT molecular complexity index is 2630. The van der Waals surface area contributed by atoms with E-state index in [9.17, 15) is 63.6 Å². The van der Waals surface area contributed by atoms with Crippen LogP contribution < -0.4 is 63.0 Å². The number of carbonyl (C=O) groups is 9. The number of aliphatic imine (C=N–C) groups is 1. The summed E-state index contributed by atoms with van der Waals surface area (Å²) in [5, 5.41) is 63.7. The molecule has 4 rings (SSSR count). The SMILES string of the molecule is CCC(=O)NCCNC(=O)/N=C(/N)NCCC[C@@H](NC(=O)C(c1ccccc1)c1cccc(OCCCCNC(=O)CCCCCNC(=O)CN2CCN(CC(=O)[O-])CCN(CC(=O)[O-])CCN(CC(=O)[O-])CC2)c1)C(=O)NCc1ccc(O)cc1.[In+3]. The third kappa shape index (κ3) is 32.1. The second-order valence-corrected chi connectivity index (χ2v) is 20.6. The summed E-state index contributed by atoms with van der Waals surface area (Å²) in [5.74, 6) is -5.73. The Kier molecular flexibility index (Phi) is 35.9. The van der Waals surface area contributed by atoms with E-state index in [4.69, 9.17) is 10.5 Å². The Labute approximate surface area is 526 Å². The fourth-order valence-electron chi connectivity index (χ4n) is 9.15. The number of amides is 7. The first kappa shape index (κ1) is 73.7. The van der Waals surface area contributed by atoms with Gasteiger partial charge < -0.3 is 82.5 Å². The maximum absolute atomic E-state index is 14.4. The van der Waals surface area contributed by atoms with Crippen LogP contribution >= 0.6 is 0 Å². The summed E-state index contributed by atoms with van der Waals surface area (Å²) < 4.78 is 6.11. The molecule has 87 heavy (non-hydrogen) atoms. The van der Waals surface area contributed by atoms with Crippen molar-refractivity contribution in [1.82, 2.24) is 56.8 Å². The van der Waals surface area contributed by atoms with Crippen LogP contribution in [-0.2, 0) is 44.9 Å². The zero-order chi connectivity index (χ0) is 62.5. The molecule has 1 fully saturated rings. The van der Waals surface area contributed by atoms with Crippen molar-refractivity contribution in [3.05, 3.63) is 95.6 Å². The minimum absolute atomic E-state index is 0. The molecule has 27 nitrogen and oxygen atoms in total. The van der Waals surface area contributed by atoms with Crippen molar-refractivity contribution in [2.75, 3.05) is 118 Å². The van der Waals surface area contributed by atoms with Gasteiger partial charge in [-0.3, -0.25) is 43.6 Å². The van der Waals surface area contributed by atoms with Crippen molar-refractivity contribution in [3.63, 3.8) is 0 Å². The molecule has 1 aliphatic heterocycles. The summed E-state index contributed by atoms with van der Waals surface area (Å²) in [6.07, 6.45) is 4.28. The Morgan fingerprint density at radius 3 is 1.68 bits per heavy atom. The van der Waals surface area contributed by atoms with E-state index in [1.54, 1.807) is 56.9 Å². The number of hydrogen-bond donors (Lipinski definition) is 9. The third-order valence-electron chi connectivity index (χ3n) is 13.8. The first-order chi connectivity index (χ1) is 41.4. The predicted molar refractivity (Wildman–Crippen MR) is 318 cm³/mol. The Hall–Kier alpha value is -7.53. The molecule has 0 aliphatic carbocycles. The number of unbranched alkanes of at least 4 members (excludes halogenated alkanes) is 3. The number of nitrogens with one attached hydrogen (secondary N) is 7. The van der Waals surface area contributed by atoms with Gasteiger partial charge in [0.1, 0.15) is 17.5 Å². The third-order valence-corrected chi connectivity index (χ3v) is 13.8. The number of aromatic hydroxyl groups is 1. The average molecular weight is 1310 g/mol. The number of rotatable bonds is 35. The molecule has 472 valence electrons. The van der Waals surface area contributed by atoms with Gasteiger partial charge in [-0.25, -0.2) is 4.79 Å². The van der Waals surface area contributed by atoms with Crippen LogP contribution in [0, 0.1) is 0 Å². The molecule has 0 saturated carbocycles. The number of nitrogens with two attached hydrogens (primary N) is 1. The van der Waals surface area contributed by atoms with Gasteiger partial charge >= 0.3 is 31.9 Å². The molecule has 1 aliphatic rings. The summed E-state index contributed by atoms with van der Waals surface area (Å²) in [5.41, 5.74) is 7.96. The quantitative estimate of drug-likeness (QED) is 0.0155. The molecule has 0 spiro atoms. The number of carboxylic acids is 3. The number of nitrogens with zero attached hydrogens (tertiary/aromatic N) is 5. The Morgan fingerprint density at radius 2 is 1.09 bits per heavy atom. The second kappa shape index (κ2) is 42.3. The summed E-state index contributed by atoms with van der Waals surface area (Å²) >= 11 is 0. The van der Waals surface area contributed by atoms with Crippen LogP contribution in [0.2, 0.25) is 0 Å². The molecule has 0 aromatic heterocycles. The second-order valence-electron chi connectivity index (χ2n) is 20.6. The fourth-order valence-corrected chi connectivity index (χ4v) is 9.15. The average Bonchev–Trinajstić information content (AvgIpc) is 1.84. The van der Waals surface area contributed by atoms with Crippen molar-refractivity contribution in [2.45, 2.75) is 83.2 Å². The molecule has 1 heterocycles. The van der Waals surface area contributed by atoms with E-state index in [-0.39, 0.29) is 147 Å². The van der Waals surface area contributed by atoms with Crippen molar-refractivity contribution in [2.24, 2.45) is 10.7 Å². The van der Waals surface area contributed by atoms with E-state index in [0.29, 0.717) is 87.9 Å². The number of urea groups is 1. The number of benzene rings is 3. The van der Waals surface area contributed by atoms with Crippen LogP contribution in [0.3, 0.4) is 0 Å². The van der Waals surface area contributed by atoms with E-state index in [1.807, 2.05) is 36.4 Å². The molecule has 7 amide bonds. The standard InChI is InChI=1S/C59H87N13O14.In/c1-2-49(74)63-26-27-65-59(85)68-58(60)64-25-12-17-48(56(83)66-38-43-19-21-46(73)22-20-43)67-57(84)55(44-13-5-3-6-14-44)45-15-11-16-47(37-45)86-36-10-9-24-61-50(75)18-7-4-8-23-62-51(76)39-69-28-30-70(40-52(77)78)32-34-72(42-54(81)82)35-33-71(31-29-69)41-53(79)80;/h3,5-6,11,13-16,19-22,37,48,55,73H,2,4,7-10,12,17-18,23-36,38-42H2,1H3,(H,61,75)(H,62,76)(H,63,74)(H,66,83)(H,67,84)(H,77,78)(H,79,80)(H,81,82)(H4,60,64,65,68,85);/q;+3/p-3/t48-,55?;/m1./s1. The number of hydrogen-bond acceptors (Lipinski definition) is 18.